The minimum Gasteiger partial charge on any atom is -0.497 e. The molecule has 1 saturated carbocycles. The average Bonchev–Trinajstić information content (AvgIpc) is 2.79. The van der Waals surface area contributed by atoms with Crippen molar-refractivity contribution in [3.63, 3.8) is 0 Å². The lowest BCUT2D eigenvalue weighted by Gasteiger charge is -2.26. The van der Waals surface area contributed by atoms with Gasteiger partial charge in [-0.2, -0.15) is 5.26 Å². The normalized spacial score (nSPS) is 14.3. The second kappa shape index (κ2) is 5.37. The maximum atomic E-state index is 9.30. The Balaban J connectivity index is 1.95. The molecular weight excluding hydrogens is 266 g/mol. The molecule has 0 saturated heterocycles. The Kier molecular flexibility index (Phi) is 3.40. The first-order valence-electron chi connectivity index (χ1n) is 6.92. The molecule has 0 aliphatic heterocycles. The molecule has 1 aliphatic rings. The van der Waals surface area contributed by atoms with Crippen LogP contribution < -0.4 is 15.8 Å². The van der Waals surface area contributed by atoms with E-state index < -0.39 is 0 Å². The van der Waals surface area contributed by atoms with E-state index in [0.29, 0.717) is 23.2 Å². The number of nitrogens with one attached hydrogen (secondary N) is 1. The maximum Gasteiger partial charge on any atom is 0.168 e. The van der Waals surface area contributed by atoms with Gasteiger partial charge in [0.05, 0.1) is 12.8 Å². The molecule has 1 aliphatic carbocycles. The Morgan fingerprint density at radius 2 is 2.10 bits per heavy atom. The van der Waals surface area contributed by atoms with Crippen molar-refractivity contribution in [3.05, 3.63) is 29.8 Å². The van der Waals surface area contributed by atoms with Crippen LogP contribution in [0.3, 0.4) is 0 Å². The molecule has 6 heteroatoms. The second-order valence-electron chi connectivity index (χ2n) is 5.10. The molecule has 21 heavy (non-hydrogen) atoms. The van der Waals surface area contributed by atoms with E-state index in [1.165, 1.54) is 6.42 Å². The number of hydrogen-bond acceptors (Lipinski definition) is 5. The first-order chi connectivity index (χ1) is 10.2. The van der Waals surface area contributed by atoms with Gasteiger partial charge < -0.3 is 15.8 Å². The molecule has 6 nitrogen and oxygen atoms in total. The van der Waals surface area contributed by atoms with Crippen LogP contribution in [0.5, 0.6) is 5.75 Å². The topological polar surface area (TPSA) is 88.9 Å². The second-order valence-corrected chi connectivity index (χ2v) is 5.10. The Morgan fingerprint density at radius 3 is 2.62 bits per heavy atom. The minimum atomic E-state index is 0.351. The number of nitrogens with two attached hydrogens (primary N) is 1. The summed E-state index contributed by atoms with van der Waals surface area (Å²) in [5.41, 5.74) is 7.26. The molecule has 0 bridgehead atoms. The van der Waals surface area contributed by atoms with E-state index in [1.807, 2.05) is 24.3 Å². The zero-order valence-corrected chi connectivity index (χ0v) is 11.8. The van der Waals surface area contributed by atoms with Crippen molar-refractivity contribution in [2.24, 2.45) is 0 Å². The van der Waals surface area contributed by atoms with Crippen LogP contribution in [0.15, 0.2) is 24.3 Å². The molecule has 3 N–H and O–H groups in total. The van der Waals surface area contributed by atoms with Crippen LogP contribution in [-0.2, 0) is 0 Å². The summed E-state index contributed by atoms with van der Waals surface area (Å²) in [6.07, 6.45) is 3.44. The van der Waals surface area contributed by atoms with Crippen molar-refractivity contribution in [3.8, 4) is 17.5 Å². The number of ether oxygens (including phenoxy) is 1. The fourth-order valence-corrected chi connectivity index (χ4v) is 2.31. The van der Waals surface area contributed by atoms with Crippen LogP contribution in [0.4, 0.5) is 11.6 Å². The molecule has 0 atom stereocenters. The molecule has 0 unspecified atom stereocenters. The van der Waals surface area contributed by atoms with Crippen molar-refractivity contribution in [1.82, 2.24) is 9.78 Å². The first-order valence-corrected chi connectivity index (χ1v) is 6.92. The van der Waals surface area contributed by atoms with E-state index in [0.717, 1.165) is 24.3 Å². The summed E-state index contributed by atoms with van der Waals surface area (Å²) in [5, 5.41) is 17.0. The smallest absolute Gasteiger partial charge is 0.168 e. The van der Waals surface area contributed by atoms with Gasteiger partial charge in [0.25, 0.3) is 0 Å². The molecule has 3 rings (SSSR count). The molecule has 1 aromatic carbocycles. The van der Waals surface area contributed by atoms with E-state index in [1.54, 1.807) is 11.8 Å². The first kappa shape index (κ1) is 13.3. The van der Waals surface area contributed by atoms with Crippen LogP contribution in [0.25, 0.3) is 5.69 Å². The number of aromatic nitrogens is 2. The minimum absolute atomic E-state index is 0.351. The molecule has 108 valence electrons. The van der Waals surface area contributed by atoms with Crippen LogP contribution >= 0.6 is 0 Å². The standard InChI is InChI=1S/C15H17N5O/c1-21-12-7-5-11(6-8-12)20-14(17)13(9-16)15(19-20)18-10-3-2-4-10/h5-8,10H,2-4,17H2,1H3,(H,18,19). The summed E-state index contributed by atoms with van der Waals surface area (Å²) in [6.45, 7) is 0. The van der Waals surface area contributed by atoms with Crippen molar-refractivity contribution in [1.29, 1.82) is 5.26 Å². The molecular formula is C15H17N5O. The fraction of sp³-hybridized carbons (Fsp3) is 0.333. The summed E-state index contributed by atoms with van der Waals surface area (Å²) in [7, 11) is 1.62. The zero-order chi connectivity index (χ0) is 14.8. The predicted octanol–water partition coefficient (Wildman–Crippen LogP) is 2.30. The van der Waals surface area contributed by atoms with E-state index in [2.05, 4.69) is 16.5 Å². The van der Waals surface area contributed by atoms with Gasteiger partial charge in [-0.3, -0.25) is 0 Å². The number of anilines is 2. The lowest BCUT2D eigenvalue weighted by Crippen LogP contribution is -2.27. The van der Waals surface area contributed by atoms with Crippen molar-refractivity contribution < 1.29 is 4.74 Å². The van der Waals surface area contributed by atoms with Crippen LogP contribution in [0.2, 0.25) is 0 Å². The van der Waals surface area contributed by atoms with Gasteiger partial charge in [-0.05, 0) is 43.5 Å². The third-order valence-electron chi connectivity index (χ3n) is 3.80. The van der Waals surface area contributed by atoms with Gasteiger partial charge in [-0.25, -0.2) is 4.68 Å². The highest BCUT2D eigenvalue weighted by Gasteiger charge is 2.22. The SMILES string of the molecule is COc1ccc(-n2nc(NC3CCC3)c(C#N)c2N)cc1. The van der Waals surface area contributed by atoms with Gasteiger partial charge in [0, 0.05) is 6.04 Å². The summed E-state index contributed by atoms with van der Waals surface area (Å²) in [4.78, 5) is 0. The monoisotopic (exact) mass is 283 g/mol. The fourth-order valence-electron chi connectivity index (χ4n) is 2.31. The number of methoxy groups -OCH3 is 1. The summed E-state index contributed by atoms with van der Waals surface area (Å²) >= 11 is 0. The Labute approximate surface area is 123 Å². The largest absolute Gasteiger partial charge is 0.497 e. The molecule has 0 amide bonds. The number of rotatable bonds is 4. The Hall–Kier alpha value is -2.68. The van der Waals surface area contributed by atoms with E-state index in [4.69, 9.17) is 10.5 Å². The third-order valence-corrected chi connectivity index (χ3v) is 3.80. The lowest BCUT2D eigenvalue weighted by molar-refractivity contribution is 0.414. The molecule has 1 heterocycles. The lowest BCUT2D eigenvalue weighted by atomic mass is 9.93. The Bertz CT molecular complexity index is 679. The van der Waals surface area contributed by atoms with Crippen molar-refractivity contribution in [2.45, 2.75) is 25.3 Å². The van der Waals surface area contributed by atoms with Crippen LogP contribution in [0.1, 0.15) is 24.8 Å². The summed E-state index contributed by atoms with van der Waals surface area (Å²) < 4.78 is 6.72. The highest BCUT2D eigenvalue weighted by atomic mass is 16.5. The molecule has 0 radical (unpaired) electrons. The van der Waals surface area contributed by atoms with Gasteiger partial charge in [-0.1, -0.05) is 0 Å². The van der Waals surface area contributed by atoms with Gasteiger partial charge >= 0.3 is 0 Å². The highest BCUT2D eigenvalue weighted by molar-refractivity contribution is 5.66. The van der Waals surface area contributed by atoms with Crippen LogP contribution in [-0.4, -0.2) is 22.9 Å². The number of nitriles is 1. The summed E-state index contributed by atoms with van der Waals surface area (Å²) in [5.74, 6) is 1.68. The highest BCUT2D eigenvalue weighted by Crippen LogP contribution is 2.29. The number of hydrogen-bond donors (Lipinski definition) is 2. The van der Waals surface area contributed by atoms with Gasteiger partial charge in [0.1, 0.15) is 23.2 Å². The van der Waals surface area contributed by atoms with E-state index in [9.17, 15) is 5.26 Å². The number of nitrogens with zero attached hydrogens (tertiary/aromatic N) is 3. The zero-order valence-electron chi connectivity index (χ0n) is 11.8. The van der Waals surface area contributed by atoms with Crippen LogP contribution in [0, 0.1) is 11.3 Å². The van der Waals surface area contributed by atoms with Gasteiger partial charge in [0.2, 0.25) is 0 Å². The van der Waals surface area contributed by atoms with E-state index >= 15 is 0 Å². The maximum absolute atomic E-state index is 9.30. The van der Waals surface area contributed by atoms with Crippen molar-refractivity contribution in [2.75, 3.05) is 18.2 Å². The average molecular weight is 283 g/mol. The third kappa shape index (κ3) is 2.38. The predicted molar refractivity (Wildman–Crippen MR) is 80.5 cm³/mol. The number of nitrogen functional groups attached to an aromatic ring is 1. The van der Waals surface area contributed by atoms with Gasteiger partial charge in [-0.15, -0.1) is 5.10 Å². The summed E-state index contributed by atoms with van der Waals surface area (Å²) in [6, 6.07) is 9.92. The van der Waals surface area contributed by atoms with Gasteiger partial charge in [0.15, 0.2) is 5.82 Å². The van der Waals surface area contributed by atoms with Crippen molar-refractivity contribution >= 4 is 11.6 Å². The molecule has 2 aromatic rings. The Morgan fingerprint density at radius 1 is 1.38 bits per heavy atom. The molecule has 1 fully saturated rings. The van der Waals surface area contributed by atoms with E-state index in [-0.39, 0.29) is 0 Å². The number of benzene rings is 1. The molecule has 0 spiro atoms. The quantitative estimate of drug-likeness (QED) is 0.898. The molecule has 1 aromatic heterocycles.